The summed E-state index contributed by atoms with van der Waals surface area (Å²) in [7, 11) is 4.00. The number of hydrogen-bond acceptors (Lipinski definition) is 3. The Labute approximate surface area is 49.6 Å². The van der Waals surface area contributed by atoms with Crippen LogP contribution in [0.1, 0.15) is 0 Å². The number of nitrogens with zero attached hydrogens (tertiary/aromatic N) is 3. The van der Waals surface area contributed by atoms with Crippen LogP contribution in [-0.2, 0) is 0 Å². The molecular weight excluding hydrogens is 102 g/mol. The van der Waals surface area contributed by atoms with Gasteiger partial charge >= 0.3 is 0 Å². The zero-order valence-electron chi connectivity index (χ0n) is 5.33. The van der Waals surface area contributed by atoms with E-state index in [2.05, 4.69) is 10.0 Å². The van der Waals surface area contributed by atoms with Crippen LogP contribution < -0.4 is 0 Å². The molecule has 0 unspecified atom stereocenters. The molecule has 0 spiro atoms. The molecule has 1 aliphatic rings. The molecule has 0 radical (unpaired) electrons. The number of likely N-dealkylation sites (N-methyl/N-ethyl adjacent to an activating group) is 2. The first-order valence-corrected chi connectivity index (χ1v) is 2.74. The van der Waals surface area contributed by atoms with Crippen molar-refractivity contribution in [1.29, 1.82) is 0 Å². The van der Waals surface area contributed by atoms with Crippen LogP contribution in [0.4, 0.5) is 0 Å². The van der Waals surface area contributed by atoms with Crippen LogP contribution in [0, 0.1) is 0 Å². The Morgan fingerprint density at radius 1 is 1.38 bits per heavy atom. The lowest BCUT2D eigenvalue weighted by molar-refractivity contribution is 0.289. The highest BCUT2D eigenvalue weighted by molar-refractivity contribution is 5.54. The summed E-state index contributed by atoms with van der Waals surface area (Å²) < 4.78 is 0. The zero-order chi connectivity index (χ0) is 5.98. The molecule has 0 aromatic heterocycles. The largest absolute Gasteiger partial charge is 0.362 e. The van der Waals surface area contributed by atoms with Gasteiger partial charge in [-0.3, -0.25) is 5.01 Å². The van der Waals surface area contributed by atoms with Gasteiger partial charge in [0.25, 0.3) is 0 Å². The van der Waals surface area contributed by atoms with Crippen LogP contribution in [0.3, 0.4) is 0 Å². The molecule has 0 aliphatic carbocycles. The lowest BCUT2D eigenvalue weighted by Crippen LogP contribution is -2.33. The smallest absolute Gasteiger partial charge is 0.111 e. The van der Waals surface area contributed by atoms with Crippen molar-refractivity contribution in [3.8, 4) is 0 Å². The van der Waals surface area contributed by atoms with Crippen LogP contribution in [-0.4, -0.2) is 43.4 Å². The first-order valence-electron chi connectivity index (χ1n) is 2.74. The first-order chi connectivity index (χ1) is 3.79. The molecule has 0 N–H and O–H groups in total. The minimum Gasteiger partial charge on any atom is -0.362 e. The maximum atomic E-state index is 4.05. The van der Waals surface area contributed by atoms with E-state index in [9.17, 15) is 0 Å². The number of rotatable bonds is 0. The van der Waals surface area contributed by atoms with E-state index in [1.807, 2.05) is 25.4 Å². The van der Waals surface area contributed by atoms with Gasteiger partial charge in [-0.2, -0.15) is 5.10 Å². The fraction of sp³-hybridized carbons (Fsp3) is 0.800. The second kappa shape index (κ2) is 2.03. The molecule has 3 heteroatoms. The lowest BCUT2D eigenvalue weighted by Gasteiger charge is -2.23. The summed E-state index contributed by atoms with van der Waals surface area (Å²) in [5, 5.41) is 5.98. The summed E-state index contributed by atoms with van der Waals surface area (Å²) in [6, 6.07) is 0. The average Bonchev–Trinajstić information content (AvgIpc) is 1.77. The molecule has 0 atom stereocenters. The molecule has 0 amide bonds. The molecule has 0 saturated carbocycles. The topological polar surface area (TPSA) is 18.8 Å². The van der Waals surface area contributed by atoms with Gasteiger partial charge in [-0.15, -0.1) is 0 Å². The SMILES string of the molecule is CN1C=NN(C)CC1. The zero-order valence-corrected chi connectivity index (χ0v) is 5.33. The lowest BCUT2D eigenvalue weighted by atomic mass is 10.5. The Morgan fingerprint density at radius 3 is 2.50 bits per heavy atom. The van der Waals surface area contributed by atoms with Crippen molar-refractivity contribution < 1.29 is 0 Å². The maximum Gasteiger partial charge on any atom is 0.111 e. The summed E-state index contributed by atoms with van der Waals surface area (Å²) in [6.45, 7) is 2.12. The van der Waals surface area contributed by atoms with E-state index in [-0.39, 0.29) is 0 Å². The Hall–Kier alpha value is -0.730. The molecule has 1 rings (SSSR count). The quantitative estimate of drug-likeness (QED) is 0.433. The van der Waals surface area contributed by atoms with Gasteiger partial charge in [0.05, 0.1) is 6.54 Å². The Kier molecular flexibility index (Phi) is 1.37. The fourth-order valence-corrected chi connectivity index (χ4v) is 0.594. The van der Waals surface area contributed by atoms with Gasteiger partial charge in [0.15, 0.2) is 0 Å². The normalized spacial score (nSPS) is 19.8. The van der Waals surface area contributed by atoms with Gasteiger partial charge in [0.2, 0.25) is 0 Å². The number of hydrazone groups is 1. The van der Waals surface area contributed by atoms with Crippen LogP contribution >= 0.6 is 0 Å². The van der Waals surface area contributed by atoms with E-state index >= 15 is 0 Å². The highest BCUT2D eigenvalue weighted by Gasteiger charge is 2.00. The minimum absolute atomic E-state index is 1.03. The van der Waals surface area contributed by atoms with Crippen molar-refractivity contribution >= 4 is 6.34 Å². The van der Waals surface area contributed by atoms with Gasteiger partial charge in [-0.25, -0.2) is 0 Å². The maximum absolute atomic E-state index is 4.05. The molecule has 0 bridgehead atoms. The van der Waals surface area contributed by atoms with Crippen molar-refractivity contribution in [2.75, 3.05) is 27.2 Å². The Balaban J connectivity index is 2.42. The molecule has 3 nitrogen and oxygen atoms in total. The van der Waals surface area contributed by atoms with E-state index in [1.165, 1.54) is 0 Å². The van der Waals surface area contributed by atoms with Crippen LogP contribution in [0.25, 0.3) is 0 Å². The molecule has 8 heavy (non-hydrogen) atoms. The molecule has 0 aromatic rings. The third-order valence-electron chi connectivity index (χ3n) is 1.22. The predicted molar refractivity (Wildman–Crippen MR) is 33.8 cm³/mol. The summed E-state index contributed by atoms with van der Waals surface area (Å²) in [5.74, 6) is 0. The molecule has 0 aromatic carbocycles. The van der Waals surface area contributed by atoms with Gasteiger partial charge in [-0.05, 0) is 0 Å². The molecule has 46 valence electrons. The third-order valence-corrected chi connectivity index (χ3v) is 1.22. The van der Waals surface area contributed by atoms with E-state index in [0.29, 0.717) is 0 Å². The van der Waals surface area contributed by atoms with Gasteiger partial charge in [-0.1, -0.05) is 0 Å². The fourth-order valence-electron chi connectivity index (χ4n) is 0.594. The molecule has 0 fully saturated rings. The Bertz CT molecular complexity index is 87.8. The second-order valence-electron chi connectivity index (χ2n) is 2.09. The second-order valence-corrected chi connectivity index (χ2v) is 2.09. The average molecular weight is 113 g/mol. The molecular formula is C5H11N3. The summed E-state index contributed by atoms with van der Waals surface area (Å²) in [4.78, 5) is 2.07. The van der Waals surface area contributed by atoms with Crippen molar-refractivity contribution in [3.63, 3.8) is 0 Å². The van der Waals surface area contributed by atoms with Gasteiger partial charge < -0.3 is 4.90 Å². The van der Waals surface area contributed by atoms with Crippen LogP contribution in [0.5, 0.6) is 0 Å². The van der Waals surface area contributed by atoms with Crippen molar-refractivity contribution in [2.45, 2.75) is 0 Å². The van der Waals surface area contributed by atoms with Gasteiger partial charge in [0.1, 0.15) is 6.34 Å². The molecule has 1 heterocycles. The van der Waals surface area contributed by atoms with E-state index < -0.39 is 0 Å². The Morgan fingerprint density at radius 2 is 2.12 bits per heavy atom. The molecule has 1 aliphatic heterocycles. The monoisotopic (exact) mass is 113 g/mol. The summed E-state index contributed by atoms with van der Waals surface area (Å²) >= 11 is 0. The third kappa shape index (κ3) is 1.12. The van der Waals surface area contributed by atoms with Crippen molar-refractivity contribution in [3.05, 3.63) is 0 Å². The summed E-state index contributed by atoms with van der Waals surface area (Å²) in [5.41, 5.74) is 0. The first kappa shape index (κ1) is 5.41. The van der Waals surface area contributed by atoms with Crippen LogP contribution in [0.2, 0.25) is 0 Å². The minimum atomic E-state index is 1.03. The highest BCUT2D eigenvalue weighted by Crippen LogP contribution is 1.90. The highest BCUT2D eigenvalue weighted by atomic mass is 15.5. The van der Waals surface area contributed by atoms with Gasteiger partial charge in [0, 0.05) is 20.6 Å². The summed E-state index contributed by atoms with van der Waals surface area (Å²) in [6.07, 6.45) is 1.84. The predicted octanol–water partition coefficient (Wildman–Crippen LogP) is -0.193. The van der Waals surface area contributed by atoms with Crippen molar-refractivity contribution in [1.82, 2.24) is 9.91 Å². The van der Waals surface area contributed by atoms with Crippen LogP contribution in [0.15, 0.2) is 5.10 Å². The number of hydrogen-bond donors (Lipinski definition) is 0. The standard InChI is InChI=1S/C5H11N3/c1-7-3-4-8(2)6-5-7/h5H,3-4H2,1-2H3. The van der Waals surface area contributed by atoms with E-state index in [0.717, 1.165) is 13.1 Å². The van der Waals surface area contributed by atoms with Crippen molar-refractivity contribution in [2.24, 2.45) is 5.10 Å². The van der Waals surface area contributed by atoms with E-state index in [1.54, 1.807) is 0 Å². The van der Waals surface area contributed by atoms with E-state index in [4.69, 9.17) is 0 Å². The molecule has 0 saturated heterocycles.